The normalized spacial score (nSPS) is 18.1. The van der Waals surface area contributed by atoms with Crippen LogP contribution in [-0.2, 0) is 10.0 Å². The second kappa shape index (κ2) is 20.5. The maximum absolute atomic E-state index is 11.6. The van der Waals surface area contributed by atoms with Gasteiger partial charge in [0.25, 0.3) is 0 Å². The van der Waals surface area contributed by atoms with E-state index in [-0.39, 0.29) is 79.9 Å². The Bertz CT molecular complexity index is 821. The topological polar surface area (TPSA) is 51.5 Å². The van der Waals surface area contributed by atoms with Crippen LogP contribution in [0.4, 0.5) is 65.9 Å². The van der Waals surface area contributed by atoms with Crippen molar-refractivity contribution < 1.29 is 163 Å². The molecule has 2 aliphatic rings. The van der Waals surface area contributed by atoms with E-state index in [0.29, 0.717) is 5.32 Å². The van der Waals surface area contributed by atoms with Crippen LogP contribution in [0, 0.1) is 0 Å². The molecule has 0 amide bonds. The molecule has 0 aromatic heterocycles. The van der Waals surface area contributed by atoms with Gasteiger partial charge in [0.2, 0.25) is 0 Å². The third-order valence-electron chi connectivity index (χ3n) is 6.07. The van der Waals surface area contributed by atoms with E-state index < -0.39 is 45.0 Å². The van der Waals surface area contributed by atoms with Gasteiger partial charge >= 0.3 is 98.9 Å². The second-order valence-corrected chi connectivity index (χ2v) is 11.2. The Morgan fingerprint density at radius 2 is 0.841 bits per heavy atom. The fraction of sp³-hybridized carbons (Fsp3) is 1.00. The summed E-state index contributed by atoms with van der Waals surface area (Å²) in [6.45, 7) is 12.9. The molecule has 0 N–H and O–H groups in total. The van der Waals surface area contributed by atoms with Crippen LogP contribution in [-0.4, -0.2) is 106 Å². The fourth-order valence-corrected chi connectivity index (χ4v) is 4.25. The van der Waals surface area contributed by atoms with Crippen molar-refractivity contribution in [1.82, 2.24) is 4.31 Å². The molecule has 0 bridgehead atoms. The van der Waals surface area contributed by atoms with E-state index in [0.717, 1.165) is 0 Å². The number of hydrogen-bond donors (Lipinski definition) is 0. The largest absolute Gasteiger partial charge is 1.00 e. The van der Waals surface area contributed by atoms with Crippen molar-refractivity contribution in [3.05, 3.63) is 5.32 Å². The van der Waals surface area contributed by atoms with Gasteiger partial charge in [-0.25, -0.2) is 8.42 Å². The molecule has 266 valence electrons. The number of nitrogens with zero attached hydrogens (tertiary/aromatic N) is 4. The average molecular weight is 850 g/mol. The number of halogens is 17. The van der Waals surface area contributed by atoms with Gasteiger partial charge in [-0.2, -0.15) is 65.9 Å². The van der Waals surface area contributed by atoms with Crippen LogP contribution in [0.5, 0.6) is 0 Å². The van der Waals surface area contributed by atoms with Gasteiger partial charge in [-0.1, -0.05) is 0 Å². The van der Waals surface area contributed by atoms with E-state index >= 15 is 0 Å². The van der Waals surface area contributed by atoms with Crippen molar-refractivity contribution in [3.63, 3.8) is 0 Å². The molecule has 44 heavy (non-hydrogen) atoms. The first-order valence-corrected chi connectivity index (χ1v) is 13.1. The molecule has 0 aliphatic carbocycles. The van der Waals surface area contributed by atoms with Crippen LogP contribution in [0.15, 0.2) is 0 Å². The van der Waals surface area contributed by atoms with Gasteiger partial charge in [0.15, 0.2) is 0 Å². The third-order valence-corrected chi connectivity index (χ3v) is 7.55. The molecule has 0 aromatic rings. The predicted molar refractivity (Wildman–Crippen MR) is 116 cm³/mol. The standard InChI is InChI=1S/2C7H16N.C3F9NO2S.C2F6N.BrH.FH.Rb/c2*1-3-8(2)6-4-5-7-8;4-1(5,6)13(2(7,8)9)16(14,15)3(10,11)12;3-1(4,5)9-2(6,7)8;;;/h2*3-7H2,1-2H3;;;2*1H;/q2*+1;;-1;;;+1/p-2. The van der Waals surface area contributed by atoms with Gasteiger partial charge in [-0.15, -0.1) is 0 Å². The van der Waals surface area contributed by atoms with E-state index in [4.69, 9.17) is 0 Å². The van der Waals surface area contributed by atoms with Gasteiger partial charge < -0.3 is 36.0 Å². The van der Waals surface area contributed by atoms with Crippen molar-refractivity contribution >= 4 is 10.0 Å². The predicted octanol–water partition coefficient (Wildman–Crippen LogP) is -1.92. The summed E-state index contributed by atoms with van der Waals surface area (Å²) in [6.07, 6.45) is -18.8. The van der Waals surface area contributed by atoms with Crippen molar-refractivity contribution in [2.75, 3.05) is 53.4 Å². The van der Waals surface area contributed by atoms with E-state index in [9.17, 15) is 74.3 Å². The van der Waals surface area contributed by atoms with Crippen molar-refractivity contribution in [2.24, 2.45) is 0 Å². The van der Waals surface area contributed by atoms with Crippen molar-refractivity contribution in [3.8, 4) is 0 Å². The Kier molecular flexibility index (Phi) is 25.3. The summed E-state index contributed by atoms with van der Waals surface area (Å²) >= 11 is 0. The number of likely N-dealkylation sites (tertiary alicyclic amines) is 2. The fourth-order valence-electron chi connectivity index (χ4n) is 3.49. The van der Waals surface area contributed by atoms with Gasteiger partial charge in [0, 0.05) is 25.7 Å². The molecule has 2 fully saturated rings. The molecule has 0 spiro atoms. The summed E-state index contributed by atoms with van der Waals surface area (Å²) in [7, 11) is -2.86. The summed E-state index contributed by atoms with van der Waals surface area (Å²) in [6, 6.07) is 0. The maximum atomic E-state index is 11.6. The monoisotopic (exact) mass is 848 g/mol. The third kappa shape index (κ3) is 22.5. The summed E-state index contributed by atoms with van der Waals surface area (Å²) in [5.74, 6) is 0. The molecule has 0 unspecified atom stereocenters. The number of alkyl halides is 15. The summed E-state index contributed by atoms with van der Waals surface area (Å²) in [4.78, 5) is 0. The van der Waals surface area contributed by atoms with E-state index in [2.05, 4.69) is 27.9 Å². The van der Waals surface area contributed by atoms with Crippen LogP contribution in [0.25, 0.3) is 5.32 Å². The number of quaternary nitrogens is 2. The molecule has 2 heterocycles. The molecule has 0 aromatic carbocycles. The average Bonchev–Trinajstić information content (AvgIpc) is 3.33. The molecule has 25 heteroatoms. The molecule has 6 nitrogen and oxygen atoms in total. The zero-order valence-corrected chi connectivity index (χ0v) is 31.3. The summed E-state index contributed by atoms with van der Waals surface area (Å²) < 4.78 is 187. The molecule has 2 aliphatic heterocycles. The quantitative estimate of drug-likeness (QED) is 0.189. The second-order valence-electron chi connectivity index (χ2n) is 9.38. The van der Waals surface area contributed by atoms with Crippen LogP contribution >= 0.6 is 0 Å². The Morgan fingerprint density at radius 3 is 0.909 bits per heavy atom. The Morgan fingerprint density at radius 1 is 0.614 bits per heavy atom. The zero-order valence-electron chi connectivity index (χ0n) is 24.0. The molecule has 2 saturated heterocycles. The minimum absolute atomic E-state index is 0. The first-order valence-electron chi connectivity index (χ1n) is 11.7. The Balaban J connectivity index is -0.000000157. The van der Waals surface area contributed by atoms with E-state index in [1.54, 1.807) is 0 Å². The molecule has 0 radical (unpaired) electrons. The maximum Gasteiger partial charge on any atom is 1.00 e. The molecule has 0 atom stereocenters. The minimum Gasteiger partial charge on any atom is -1.00 e. The molecule has 2 rings (SSSR count). The molecular formula is C19H32BrF16N4O2RbS. The zero-order chi connectivity index (χ0) is 33.4. The van der Waals surface area contributed by atoms with Crippen molar-refractivity contribution in [1.29, 1.82) is 0 Å². The Labute approximate surface area is 303 Å². The first-order chi connectivity index (χ1) is 17.9. The SMILES string of the molecule is CC[N+]1(C)CCCC1.CC[N+]1(C)CCCC1.FC(F)(F)[N-]C(F)(F)F.O=S(=O)(N(C(F)(F)F)C(F)(F)F)C(F)(F)F.[Br-].[F-].[Rb+]. The Hall–Kier alpha value is 0.955. The van der Waals surface area contributed by atoms with Gasteiger partial charge in [0.05, 0.1) is 53.4 Å². The molecular weight excluding hydrogens is 818 g/mol. The van der Waals surface area contributed by atoms with Crippen molar-refractivity contribution in [2.45, 2.75) is 70.2 Å². The number of rotatable bonds is 3. The first kappa shape index (κ1) is 54.4. The molecule has 0 saturated carbocycles. The van der Waals surface area contributed by atoms with E-state index in [1.165, 1.54) is 73.9 Å². The number of hydrogen-bond acceptors (Lipinski definition) is 2. The van der Waals surface area contributed by atoms with Gasteiger partial charge in [-0.3, -0.25) is 0 Å². The number of sulfonamides is 1. The van der Waals surface area contributed by atoms with Gasteiger partial charge in [-0.05, 0) is 18.2 Å². The van der Waals surface area contributed by atoms with Gasteiger partial charge in [0.1, 0.15) is 0 Å². The summed E-state index contributed by atoms with van der Waals surface area (Å²) in [5.41, 5.74) is -6.71. The van der Waals surface area contributed by atoms with E-state index in [1.807, 2.05) is 0 Å². The smallest absolute Gasteiger partial charge is 1.00 e. The van der Waals surface area contributed by atoms with Crippen LogP contribution in [0.3, 0.4) is 0 Å². The van der Waals surface area contributed by atoms with Crippen LogP contribution in [0.2, 0.25) is 0 Å². The van der Waals surface area contributed by atoms with Crippen LogP contribution in [0.1, 0.15) is 39.5 Å². The summed E-state index contributed by atoms with van der Waals surface area (Å²) in [5, 5.41) is 0.542. The van der Waals surface area contributed by atoms with Crippen LogP contribution < -0.4 is 79.9 Å². The minimum atomic E-state index is -7.57.